The summed E-state index contributed by atoms with van der Waals surface area (Å²) in [6.45, 7) is 7.08. The number of aryl methyl sites for hydroxylation is 1. The Morgan fingerprint density at radius 1 is 1.16 bits per heavy atom. The molecule has 0 bridgehead atoms. The number of hydrogen-bond donors (Lipinski definition) is 3. The lowest BCUT2D eigenvalue weighted by atomic mass is 9.85. The second-order valence-electron chi connectivity index (χ2n) is 9.64. The van der Waals surface area contributed by atoms with Crippen molar-refractivity contribution in [3.63, 3.8) is 0 Å². The molecular weight excluding hydrogens is 508 g/mol. The number of hydrogen-bond acceptors (Lipinski definition) is 6. The molecule has 3 aromatic rings. The van der Waals surface area contributed by atoms with E-state index in [1.807, 2.05) is 26.0 Å². The second kappa shape index (κ2) is 11.0. The van der Waals surface area contributed by atoms with Crippen LogP contribution in [0.3, 0.4) is 0 Å². The van der Waals surface area contributed by atoms with Crippen molar-refractivity contribution in [2.45, 2.75) is 64.3 Å². The monoisotopic (exact) mass is 540 g/mol. The molecule has 2 aromatic carbocycles. The van der Waals surface area contributed by atoms with Gasteiger partial charge in [0.2, 0.25) is 21.8 Å². The Labute approximate surface area is 222 Å². The van der Waals surface area contributed by atoms with E-state index in [1.54, 1.807) is 32.0 Å². The topological polar surface area (TPSA) is 140 Å². The fourth-order valence-electron chi connectivity index (χ4n) is 3.98. The van der Waals surface area contributed by atoms with Crippen molar-refractivity contribution in [2.75, 3.05) is 5.32 Å². The van der Waals surface area contributed by atoms with Crippen LogP contribution >= 0.6 is 0 Å². The fourth-order valence-corrected chi connectivity index (χ4v) is 5.46. The van der Waals surface area contributed by atoms with E-state index in [0.717, 1.165) is 24.8 Å². The zero-order valence-corrected chi connectivity index (χ0v) is 22.6. The molecule has 0 radical (unpaired) electrons. The van der Waals surface area contributed by atoms with Crippen LogP contribution in [0.2, 0.25) is 0 Å². The van der Waals surface area contributed by atoms with Crippen molar-refractivity contribution in [3.05, 3.63) is 59.3 Å². The van der Waals surface area contributed by atoms with Crippen molar-refractivity contribution in [3.8, 4) is 17.3 Å². The number of carboxylic acid groups (broad SMARTS) is 1. The Balaban J connectivity index is 1.80. The quantitative estimate of drug-likeness (QED) is 0.336. The van der Waals surface area contributed by atoms with E-state index in [0.29, 0.717) is 17.8 Å². The van der Waals surface area contributed by atoms with Gasteiger partial charge in [0, 0.05) is 23.2 Å². The predicted molar refractivity (Wildman–Crippen MR) is 143 cm³/mol. The predicted octanol–water partition coefficient (Wildman–Crippen LogP) is 4.80. The van der Waals surface area contributed by atoms with Gasteiger partial charge in [0.05, 0.1) is 5.69 Å². The van der Waals surface area contributed by atoms with E-state index in [1.165, 1.54) is 16.8 Å². The zero-order chi connectivity index (χ0) is 27.6. The molecule has 1 aromatic heterocycles. The molecule has 38 heavy (non-hydrogen) atoms. The van der Waals surface area contributed by atoms with Gasteiger partial charge in [0.15, 0.2) is 5.69 Å². The Hall–Kier alpha value is -3.70. The number of aromatic nitrogens is 2. The first-order chi connectivity index (χ1) is 18.0. The molecule has 0 spiro atoms. The number of ether oxygens (including phenoxy) is 1. The lowest BCUT2D eigenvalue weighted by Crippen LogP contribution is -2.32. The lowest BCUT2D eigenvalue weighted by molar-refractivity contribution is -0.122. The molecule has 1 unspecified atom stereocenters. The molecule has 1 saturated carbocycles. The summed E-state index contributed by atoms with van der Waals surface area (Å²) in [5.74, 6) is -1.43. The van der Waals surface area contributed by atoms with E-state index in [4.69, 9.17) is 4.74 Å². The number of carbonyl (C=O) groups excluding carboxylic acids is 1. The highest BCUT2D eigenvalue weighted by Gasteiger charge is 2.29. The summed E-state index contributed by atoms with van der Waals surface area (Å²) in [6, 6.07) is 11.3. The van der Waals surface area contributed by atoms with Crippen LogP contribution in [0.25, 0.3) is 5.69 Å². The number of benzene rings is 2. The molecule has 0 saturated heterocycles. The first-order valence-electron chi connectivity index (χ1n) is 12.5. The van der Waals surface area contributed by atoms with Crippen LogP contribution < -0.4 is 14.8 Å². The maximum absolute atomic E-state index is 13.4. The summed E-state index contributed by atoms with van der Waals surface area (Å²) in [4.78, 5) is 24.2. The molecular formula is C27H32N4O6S. The standard InChI is InChI=1S/C27H32N4O6S/c1-5-17(3)30-38(35,36)23-15-20(28-25(32)19-7-6-8-19)11-14-22(23)37-26-18(4)24(27(33)34)29-31(26)21-12-9-16(2)10-13-21/h9-15,17,19,30H,5-8H2,1-4H3,(H,28,32)(H,33,34). The third kappa shape index (κ3) is 5.73. The van der Waals surface area contributed by atoms with Crippen molar-refractivity contribution in [1.29, 1.82) is 0 Å². The van der Waals surface area contributed by atoms with Gasteiger partial charge in [-0.15, -0.1) is 0 Å². The first-order valence-corrected chi connectivity index (χ1v) is 14.0. The molecule has 1 atom stereocenters. The Kier molecular flexibility index (Phi) is 7.89. The highest BCUT2D eigenvalue weighted by molar-refractivity contribution is 7.89. The number of nitrogens with zero attached hydrogens (tertiary/aromatic N) is 2. The van der Waals surface area contributed by atoms with Crippen LogP contribution in [0, 0.1) is 19.8 Å². The maximum atomic E-state index is 13.4. The van der Waals surface area contributed by atoms with Crippen LogP contribution in [-0.4, -0.2) is 41.2 Å². The highest BCUT2D eigenvalue weighted by Crippen LogP contribution is 2.36. The first kappa shape index (κ1) is 27.3. The third-order valence-electron chi connectivity index (χ3n) is 6.70. The Bertz CT molecular complexity index is 1460. The summed E-state index contributed by atoms with van der Waals surface area (Å²) < 4.78 is 36.9. The number of rotatable bonds is 10. The third-order valence-corrected chi connectivity index (χ3v) is 8.31. The average molecular weight is 541 g/mol. The molecule has 10 nitrogen and oxygen atoms in total. The number of amides is 1. The SMILES string of the molecule is CCC(C)NS(=O)(=O)c1cc(NC(=O)C2CCC2)ccc1Oc1c(C)c(C(=O)O)nn1-c1ccc(C)cc1. The van der Waals surface area contributed by atoms with Crippen LogP contribution in [-0.2, 0) is 14.8 Å². The number of carboxylic acids is 1. The van der Waals surface area contributed by atoms with Crippen molar-refractivity contribution < 1.29 is 27.9 Å². The normalized spacial score (nSPS) is 14.5. The number of sulfonamides is 1. The van der Waals surface area contributed by atoms with Gasteiger partial charge in [0.1, 0.15) is 10.6 Å². The molecule has 1 aliphatic rings. The van der Waals surface area contributed by atoms with Gasteiger partial charge >= 0.3 is 5.97 Å². The molecule has 3 N–H and O–H groups in total. The Morgan fingerprint density at radius 2 is 1.84 bits per heavy atom. The minimum atomic E-state index is -4.07. The molecule has 11 heteroatoms. The summed E-state index contributed by atoms with van der Waals surface area (Å²) in [5, 5.41) is 16.7. The summed E-state index contributed by atoms with van der Waals surface area (Å²) >= 11 is 0. The van der Waals surface area contributed by atoms with Crippen LogP contribution in [0.5, 0.6) is 11.6 Å². The molecule has 1 aliphatic carbocycles. The van der Waals surface area contributed by atoms with E-state index in [9.17, 15) is 23.1 Å². The fraction of sp³-hybridized carbons (Fsp3) is 0.370. The van der Waals surface area contributed by atoms with Gasteiger partial charge < -0.3 is 15.2 Å². The molecule has 1 heterocycles. The molecule has 0 aliphatic heterocycles. The summed E-state index contributed by atoms with van der Waals surface area (Å²) in [5.41, 5.74) is 1.90. The van der Waals surface area contributed by atoms with Crippen molar-refractivity contribution in [1.82, 2.24) is 14.5 Å². The minimum absolute atomic E-state index is 0.0317. The van der Waals surface area contributed by atoms with Gasteiger partial charge in [0.25, 0.3) is 0 Å². The maximum Gasteiger partial charge on any atom is 0.356 e. The second-order valence-corrected chi connectivity index (χ2v) is 11.3. The van der Waals surface area contributed by atoms with Crippen molar-refractivity contribution in [2.24, 2.45) is 5.92 Å². The van der Waals surface area contributed by atoms with Gasteiger partial charge in [-0.3, -0.25) is 4.79 Å². The van der Waals surface area contributed by atoms with Gasteiger partial charge in [-0.1, -0.05) is 31.0 Å². The minimum Gasteiger partial charge on any atom is -0.476 e. The molecule has 1 fully saturated rings. The van der Waals surface area contributed by atoms with Crippen LogP contribution in [0.1, 0.15) is 61.1 Å². The molecule has 202 valence electrons. The zero-order valence-electron chi connectivity index (χ0n) is 21.8. The van der Waals surface area contributed by atoms with Crippen molar-refractivity contribution >= 4 is 27.6 Å². The highest BCUT2D eigenvalue weighted by atomic mass is 32.2. The number of nitrogens with one attached hydrogen (secondary N) is 2. The number of anilines is 1. The van der Waals surface area contributed by atoms with Crippen LogP contribution in [0.4, 0.5) is 5.69 Å². The Morgan fingerprint density at radius 3 is 2.42 bits per heavy atom. The smallest absolute Gasteiger partial charge is 0.356 e. The van der Waals surface area contributed by atoms with E-state index >= 15 is 0 Å². The van der Waals surface area contributed by atoms with E-state index in [-0.39, 0.29) is 45.6 Å². The average Bonchev–Trinajstić information content (AvgIpc) is 3.15. The van der Waals surface area contributed by atoms with Gasteiger partial charge in [-0.2, -0.15) is 9.78 Å². The van der Waals surface area contributed by atoms with Crippen LogP contribution in [0.15, 0.2) is 47.4 Å². The summed E-state index contributed by atoms with van der Waals surface area (Å²) in [6.07, 6.45) is 3.17. The van der Waals surface area contributed by atoms with E-state index in [2.05, 4.69) is 15.1 Å². The van der Waals surface area contributed by atoms with E-state index < -0.39 is 16.0 Å². The van der Waals surface area contributed by atoms with Gasteiger partial charge in [-0.05, 0) is 70.4 Å². The number of aromatic carboxylic acids is 1. The summed E-state index contributed by atoms with van der Waals surface area (Å²) in [7, 11) is -4.07. The van der Waals surface area contributed by atoms with Gasteiger partial charge in [-0.25, -0.2) is 17.9 Å². The molecule has 1 amide bonds. The molecule has 4 rings (SSSR count). The lowest BCUT2D eigenvalue weighted by Gasteiger charge is -2.24. The number of carbonyl (C=O) groups is 2. The largest absolute Gasteiger partial charge is 0.476 e.